The highest BCUT2D eigenvalue weighted by atomic mass is 16.5. The van der Waals surface area contributed by atoms with E-state index < -0.39 is 0 Å². The fourth-order valence-corrected chi connectivity index (χ4v) is 5.14. The van der Waals surface area contributed by atoms with E-state index in [9.17, 15) is 4.79 Å². The number of fused-ring (bicyclic) bond motifs is 1. The Kier molecular flexibility index (Phi) is 6.42. The van der Waals surface area contributed by atoms with Gasteiger partial charge in [0.1, 0.15) is 17.1 Å². The number of hydrogen-bond donors (Lipinski definition) is 2. The number of benzene rings is 3. The number of hydrogen-bond acceptors (Lipinski definition) is 3. The molecule has 3 aromatic carbocycles. The highest BCUT2D eigenvalue weighted by molar-refractivity contribution is 5.99. The average molecular weight is 488 g/mol. The first-order valence-electron chi connectivity index (χ1n) is 13.0. The van der Waals surface area contributed by atoms with Crippen LogP contribution in [0.5, 0.6) is 11.5 Å². The Morgan fingerprint density at radius 1 is 0.838 bits per heavy atom. The number of H-pyrrole nitrogens is 1. The Morgan fingerprint density at radius 2 is 1.65 bits per heavy atom. The van der Waals surface area contributed by atoms with Crippen molar-refractivity contribution in [2.24, 2.45) is 0 Å². The zero-order valence-corrected chi connectivity index (χ0v) is 20.6. The molecule has 0 atom stereocenters. The molecule has 1 saturated carbocycles. The largest absolute Gasteiger partial charge is 0.457 e. The van der Waals surface area contributed by atoms with Crippen molar-refractivity contribution in [2.45, 2.75) is 38.1 Å². The maximum absolute atomic E-state index is 13.0. The molecular weight excluding hydrogens is 458 g/mol. The van der Waals surface area contributed by atoms with Crippen LogP contribution >= 0.6 is 0 Å². The van der Waals surface area contributed by atoms with Gasteiger partial charge in [0.05, 0.1) is 0 Å². The molecule has 6 rings (SSSR count). The molecule has 2 heterocycles. The van der Waals surface area contributed by atoms with E-state index in [1.807, 2.05) is 91.3 Å². The molecule has 0 aliphatic heterocycles. The zero-order chi connectivity index (χ0) is 25.0. The molecule has 2 aromatic heterocycles. The SMILES string of the molecule is O=C(NC1CCCCC1)c1cccc(-c2c[nH]c3ncc(-c4ccccc4Oc4ccccc4)cc23)c1. The van der Waals surface area contributed by atoms with Crippen molar-refractivity contribution in [1.82, 2.24) is 15.3 Å². The van der Waals surface area contributed by atoms with E-state index in [1.165, 1.54) is 19.3 Å². The molecule has 5 nitrogen and oxygen atoms in total. The first-order chi connectivity index (χ1) is 18.2. The summed E-state index contributed by atoms with van der Waals surface area (Å²) < 4.78 is 6.20. The number of aromatic nitrogens is 2. The van der Waals surface area contributed by atoms with E-state index >= 15 is 0 Å². The minimum Gasteiger partial charge on any atom is -0.457 e. The third-order valence-electron chi connectivity index (χ3n) is 7.08. The Bertz CT molecular complexity index is 1530. The van der Waals surface area contributed by atoms with Crippen LogP contribution in [0.15, 0.2) is 97.3 Å². The summed E-state index contributed by atoms with van der Waals surface area (Å²) >= 11 is 0. The van der Waals surface area contributed by atoms with Crippen molar-refractivity contribution in [3.8, 4) is 33.8 Å². The second-order valence-electron chi connectivity index (χ2n) is 9.62. The molecule has 5 aromatic rings. The van der Waals surface area contributed by atoms with Crippen LogP contribution < -0.4 is 10.1 Å². The van der Waals surface area contributed by atoms with Crippen LogP contribution in [-0.4, -0.2) is 21.9 Å². The summed E-state index contributed by atoms with van der Waals surface area (Å²) in [4.78, 5) is 21.0. The number of carbonyl (C=O) groups excluding carboxylic acids is 1. The van der Waals surface area contributed by atoms with Crippen molar-refractivity contribution < 1.29 is 9.53 Å². The van der Waals surface area contributed by atoms with Crippen LogP contribution in [0.2, 0.25) is 0 Å². The molecule has 0 bridgehead atoms. The summed E-state index contributed by atoms with van der Waals surface area (Å²) in [5.41, 5.74) is 5.41. The zero-order valence-electron chi connectivity index (χ0n) is 20.6. The molecule has 0 radical (unpaired) electrons. The van der Waals surface area contributed by atoms with Crippen LogP contribution in [0.25, 0.3) is 33.3 Å². The summed E-state index contributed by atoms with van der Waals surface area (Å²) in [6.07, 6.45) is 9.61. The maximum atomic E-state index is 13.0. The molecule has 37 heavy (non-hydrogen) atoms. The van der Waals surface area contributed by atoms with Crippen molar-refractivity contribution in [3.05, 3.63) is 103 Å². The van der Waals surface area contributed by atoms with Gasteiger partial charge in [-0.3, -0.25) is 4.79 Å². The number of rotatable bonds is 6. The predicted molar refractivity (Wildman–Crippen MR) is 148 cm³/mol. The molecule has 5 heteroatoms. The summed E-state index contributed by atoms with van der Waals surface area (Å²) in [6, 6.07) is 28.0. The number of nitrogens with zero attached hydrogens (tertiary/aromatic N) is 1. The van der Waals surface area contributed by atoms with E-state index in [-0.39, 0.29) is 11.9 Å². The Balaban J connectivity index is 1.32. The van der Waals surface area contributed by atoms with Gasteiger partial charge in [-0.25, -0.2) is 4.98 Å². The topological polar surface area (TPSA) is 67.0 Å². The number of para-hydroxylation sites is 2. The lowest BCUT2D eigenvalue weighted by Crippen LogP contribution is -2.36. The lowest BCUT2D eigenvalue weighted by Gasteiger charge is -2.22. The summed E-state index contributed by atoms with van der Waals surface area (Å²) in [5.74, 6) is 1.56. The van der Waals surface area contributed by atoms with Crippen LogP contribution in [0.4, 0.5) is 0 Å². The van der Waals surface area contributed by atoms with Gasteiger partial charge in [-0.15, -0.1) is 0 Å². The van der Waals surface area contributed by atoms with E-state index in [2.05, 4.69) is 16.4 Å². The van der Waals surface area contributed by atoms with Crippen LogP contribution in [0.1, 0.15) is 42.5 Å². The van der Waals surface area contributed by atoms with Crippen molar-refractivity contribution in [3.63, 3.8) is 0 Å². The van der Waals surface area contributed by atoms with Crippen LogP contribution in [0, 0.1) is 0 Å². The molecule has 184 valence electrons. The summed E-state index contributed by atoms with van der Waals surface area (Å²) in [7, 11) is 0. The van der Waals surface area contributed by atoms with Crippen LogP contribution in [0.3, 0.4) is 0 Å². The van der Waals surface area contributed by atoms with Gasteiger partial charge in [-0.1, -0.05) is 67.8 Å². The molecule has 0 unspecified atom stereocenters. The third kappa shape index (κ3) is 4.98. The van der Waals surface area contributed by atoms with E-state index in [1.54, 1.807) is 0 Å². The van der Waals surface area contributed by atoms with Crippen molar-refractivity contribution in [1.29, 1.82) is 0 Å². The summed E-state index contributed by atoms with van der Waals surface area (Å²) in [5, 5.41) is 4.23. The first-order valence-corrected chi connectivity index (χ1v) is 13.0. The molecule has 1 aliphatic carbocycles. The van der Waals surface area contributed by atoms with Crippen LogP contribution in [-0.2, 0) is 0 Å². The van der Waals surface area contributed by atoms with Gasteiger partial charge in [0.2, 0.25) is 0 Å². The molecule has 2 N–H and O–H groups in total. The maximum Gasteiger partial charge on any atom is 0.251 e. The van der Waals surface area contributed by atoms with E-state index in [0.29, 0.717) is 5.56 Å². The normalized spacial score (nSPS) is 13.9. The monoisotopic (exact) mass is 487 g/mol. The lowest BCUT2D eigenvalue weighted by molar-refractivity contribution is 0.0927. The van der Waals surface area contributed by atoms with Gasteiger partial charge in [0.15, 0.2) is 0 Å². The van der Waals surface area contributed by atoms with Gasteiger partial charge in [-0.05, 0) is 54.8 Å². The number of nitrogens with one attached hydrogen (secondary N) is 2. The molecule has 1 fully saturated rings. The third-order valence-corrected chi connectivity index (χ3v) is 7.08. The Hall–Kier alpha value is -4.38. The minimum absolute atomic E-state index is 0.000562. The first kappa shape index (κ1) is 23.0. The Morgan fingerprint density at radius 3 is 2.51 bits per heavy atom. The summed E-state index contributed by atoms with van der Waals surface area (Å²) in [6.45, 7) is 0. The fraction of sp³-hybridized carbons (Fsp3) is 0.188. The number of pyridine rings is 1. The number of ether oxygens (including phenoxy) is 1. The van der Waals surface area contributed by atoms with Gasteiger partial charge < -0.3 is 15.0 Å². The van der Waals surface area contributed by atoms with Gasteiger partial charge in [0.25, 0.3) is 5.91 Å². The number of amides is 1. The molecular formula is C32H29N3O2. The highest BCUT2D eigenvalue weighted by Gasteiger charge is 2.18. The van der Waals surface area contributed by atoms with E-state index in [0.717, 1.165) is 57.6 Å². The Labute approximate surface area is 216 Å². The smallest absolute Gasteiger partial charge is 0.251 e. The lowest BCUT2D eigenvalue weighted by atomic mass is 9.95. The second-order valence-corrected chi connectivity index (χ2v) is 9.62. The number of carbonyl (C=O) groups is 1. The van der Waals surface area contributed by atoms with Crippen molar-refractivity contribution >= 4 is 16.9 Å². The highest BCUT2D eigenvalue weighted by Crippen LogP contribution is 2.36. The average Bonchev–Trinajstić information content (AvgIpc) is 3.38. The molecule has 0 saturated heterocycles. The molecule has 1 amide bonds. The fourth-order valence-electron chi connectivity index (χ4n) is 5.14. The van der Waals surface area contributed by atoms with Gasteiger partial charge >= 0.3 is 0 Å². The number of aromatic amines is 1. The van der Waals surface area contributed by atoms with Gasteiger partial charge in [-0.2, -0.15) is 0 Å². The van der Waals surface area contributed by atoms with E-state index in [4.69, 9.17) is 9.72 Å². The quantitative estimate of drug-likeness (QED) is 0.257. The molecule has 1 aliphatic rings. The van der Waals surface area contributed by atoms with Crippen molar-refractivity contribution in [2.75, 3.05) is 0 Å². The molecule has 0 spiro atoms. The van der Waals surface area contributed by atoms with Gasteiger partial charge in [0, 0.05) is 46.1 Å². The standard InChI is InChI=1S/C32H29N3O2/c36-32(35-25-12-3-1-4-13-25)23-11-9-10-22(18-23)29-21-34-31-28(29)19-24(20-33-31)27-16-7-8-17-30(27)37-26-14-5-2-6-15-26/h2,5-11,14-21,25H,1,3-4,12-13H2,(H,33,34)(H,35,36). The predicted octanol–water partition coefficient (Wildman–Crippen LogP) is 7.75. The second kappa shape index (κ2) is 10.3. The minimum atomic E-state index is -0.000562.